The molecule has 1 rings (SSSR count). The third-order valence-corrected chi connectivity index (χ3v) is 3.56. The number of hydrogen-bond acceptors (Lipinski definition) is 4. The van der Waals surface area contributed by atoms with E-state index in [1.165, 1.54) is 23.9 Å². The Morgan fingerprint density at radius 3 is 2.58 bits per heavy atom. The quantitative estimate of drug-likeness (QED) is 0.474. The molecule has 1 aromatic rings. The fourth-order valence-electron chi connectivity index (χ4n) is 1.63. The van der Waals surface area contributed by atoms with Crippen molar-refractivity contribution in [3.63, 3.8) is 0 Å². The molecule has 0 aliphatic heterocycles. The third kappa shape index (κ3) is 5.74. The lowest BCUT2D eigenvalue weighted by Crippen LogP contribution is -2.33. The summed E-state index contributed by atoms with van der Waals surface area (Å²) in [5, 5.41) is 13.4. The molecule has 6 heteroatoms. The van der Waals surface area contributed by atoms with E-state index in [0.717, 1.165) is 17.7 Å². The number of benzene rings is 1. The molecule has 0 saturated carbocycles. The molecule has 1 aromatic carbocycles. The highest BCUT2D eigenvalue weighted by molar-refractivity contribution is 8.00. The molecular weight excluding hydrogens is 264 g/mol. The molecule has 0 saturated heterocycles. The van der Waals surface area contributed by atoms with Crippen molar-refractivity contribution in [2.24, 2.45) is 0 Å². The summed E-state index contributed by atoms with van der Waals surface area (Å²) >= 11 is 1.37. The molecule has 1 atom stereocenters. The zero-order valence-corrected chi connectivity index (χ0v) is 11.9. The number of rotatable bonds is 7. The molecule has 5 nitrogen and oxygen atoms in total. The smallest absolute Gasteiger partial charge is 0.269 e. The Labute approximate surface area is 116 Å². The largest absolute Gasteiger partial charge is 0.353 e. The van der Waals surface area contributed by atoms with E-state index in [1.54, 1.807) is 12.1 Å². The molecule has 0 fully saturated rings. The minimum Gasteiger partial charge on any atom is -0.353 e. The van der Waals surface area contributed by atoms with Crippen molar-refractivity contribution in [2.75, 3.05) is 5.75 Å². The van der Waals surface area contributed by atoms with Gasteiger partial charge in [0.2, 0.25) is 5.91 Å². The number of nitro benzene ring substituents is 1. The number of non-ortho nitro benzene ring substituents is 1. The average Bonchev–Trinajstić information content (AvgIpc) is 2.37. The average molecular weight is 282 g/mol. The number of thioether (sulfide) groups is 1. The Morgan fingerprint density at radius 2 is 2.05 bits per heavy atom. The van der Waals surface area contributed by atoms with Gasteiger partial charge in [-0.3, -0.25) is 14.9 Å². The summed E-state index contributed by atoms with van der Waals surface area (Å²) in [6, 6.07) is 6.40. The van der Waals surface area contributed by atoms with Gasteiger partial charge in [0.1, 0.15) is 0 Å². The summed E-state index contributed by atoms with van der Waals surface area (Å²) in [5.41, 5.74) is 0.0605. The normalized spacial score (nSPS) is 11.9. The van der Waals surface area contributed by atoms with Crippen LogP contribution in [-0.4, -0.2) is 22.6 Å². The summed E-state index contributed by atoms with van der Waals surface area (Å²) in [6.07, 6.45) is 2.00. The fourth-order valence-corrected chi connectivity index (χ4v) is 2.34. The molecule has 0 heterocycles. The van der Waals surface area contributed by atoms with Crippen LogP contribution in [0.25, 0.3) is 0 Å². The summed E-state index contributed by atoms with van der Waals surface area (Å²) in [6.45, 7) is 4.06. The van der Waals surface area contributed by atoms with E-state index in [2.05, 4.69) is 12.2 Å². The highest BCUT2D eigenvalue weighted by atomic mass is 32.2. The van der Waals surface area contributed by atoms with Gasteiger partial charge in [0, 0.05) is 23.1 Å². The summed E-state index contributed by atoms with van der Waals surface area (Å²) in [7, 11) is 0. The van der Waals surface area contributed by atoms with Crippen LogP contribution in [0.5, 0.6) is 0 Å². The first-order chi connectivity index (χ1) is 9.02. The molecule has 0 spiro atoms. The molecule has 0 aliphatic carbocycles. The van der Waals surface area contributed by atoms with E-state index in [0.29, 0.717) is 5.75 Å². The van der Waals surface area contributed by atoms with E-state index in [1.807, 2.05) is 6.92 Å². The van der Waals surface area contributed by atoms with Crippen molar-refractivity contribution in [1.82, 2.24) is 5.32 Å². The lowest BCUT2D eigenvalue weighted by Gasteiger charge is -2.12. The third-order valence-electron chi connectivity index (χ3n) is 2.55. The SMILES string of the molecule is CCCC(C)NC(=O)CSc1ccc([N+](=O)[O-])cc1. The highest BCUT2D eigenvalue weighted by Crippen LogP contribution is 2.21. The topological polar surface area (TPSA) is 72.2 Å². The second-order valence-electron chi connectivity index (χ2n) is 4.30. The second kappa shape index (κ2) is 7.78. The van der Waals surface area contributed by atoms with Gasteiger partial charge in [0.05, 0.1) is 10.7 Å². The Kier molecular flexibility index (Phi) is 6.35. The number of nitrogens with zero attached hydrogens (tertiary/aromatic N) is 1. The lowest BCUT2D eigenvalue weighted by atomic mass is 10.2. The molecule has 0 aromatic heterocycles. The van der Waals surface area contributed by atoms with Gasteiger partial charge in [-0.2, -0.15) is 0 Å². The zero-order valence-electron chi connectivity index (χ0n) is 11.1. The number of amides is 1. The van der Waals surface area contributed by atoms with Crippen molar-refractivity contribution in [2.45, 2.75) is 37.6 Å². The summed E-state index contributed by atoms with van der Waals surface area (Å²) < 4.78 is 0. The van der Waals surface area contributed by atoms with Crippen LogP contribution in [0.15, 0.2) is 29.2 Å². The Hall–Kier alpha value is -1.56. The van der Waals surface area contributed by atoms with E-state index < -0.39 is 4.92 Å². The number of nitro groups is 1. The minimum atomic E-state index is -0.437. The van der Waals surface area contributed by atoms with Gasteiger partial charge in [-0.15, -0.1) is 11.8 Å². The van der Waals surface area contributed by atoms with E-state index in [9.17, 15) is 14.9 Å². The molecule has 1 unspecified atom stereocenters. The van der Waals surface area contributed by atoms with Gasteiger partial charge in [-0.05, 0) is 25.5 Å². The Morgan fingerprint density at radius 1 is 1.42 bits per heavy atom. The molecule has 0 bridgehead atoms. The predicted octanol–water partition coefficient (Wildman–Crippen LogP) is 2.99. The minimum absolute atomic E-state index is 0.00990. The number of carbonyl (C=O) groups is 1. The zero-order chi connectivity index (χ0) is 14.3. The summed E-state index contributed by atoms with van der Waals surface area (Å²) in [5.74, 6) is 0.315. The van der Waals surface area contributed by atoms with Gasteiger partial charge >= 0.3 is 0 Å². The number of nitrogens with one attached hydrogen (secondary N) is 1. The maximum atomic E-state index is 11.6. The van der Waals surface area contributed by atoms with E-state index in [4.69, 9.17) is 0 Å². The summed E-state index contributed by atoms with van der Waals surface area (Å²) in [4.78, 5) is 22.5. The van der Waals surface area contributed by atoms with Crippen molar-refractivity contribution in [3.05, 3.63) is 34.4 Å². The van der Waals surface area contributed by atoms with Crippen LogP contribution < -0.4 is 5.32 Å². The first-order valence-corrected chi connectivity index (χ1v) is 7.18. The van der Waals surface area contributed by atoms with E-state index >= 15 is 0 Å². The van der Waals surface area contributed by atoms with Crippen LogP contribution in [0.1, 0.15) is 26.7 Å². The highest BCUT2D eigenvalue weighted by Gasteiger charge is 2.08. The van der Waals surface area contributed by atoms with Crippen LogP contribution in [0.3, 0.4) is 0 Å². The van der Waals surface area contributed by atoms with Gasteiger partial charge in [-0.25, -0.2) is 0 Å². The molecule has 104 valence electrons. The monoisotopic (exact) mass is 282 g/mol. The Balaban J connectivity index is 2.39. The molecular formula is C13H18N2O3S. The van der Waals surface area contributed by atoms with Crippen LogP contribution in [-0.2, 0) is 4.79 Å². The van der Waals surface area contributed by atoms with Crippen LogP contribution in [0, 0.1) is 10.1 Å². The van der Waals surface area contributed by atoms with Gasteiger partial charge in [-0.1, -0.05) is 13.3 Å². The van der Waals surface area contributed by atoms with Crippen molar-refractivity contribution in [1.29, 1.82) is 0 Å². The van der Waals surface area contributed by atoms with Crippen molar-refractivity contribution >= 4 is 23.4 Å². The van der Waals surface area contributed by atoms with Crippen LogP contribution >= 0.6 is 11.8 Å². The van der Waals surface area contributed by atoms with Gasteiger partial charge < -0.3 is 5.32 Å². The molecule has 1 amide bonds. The molecule has 0 aliphatic rings. The molecule has 0 radical (unpaired) electrons. The Bertz CT molecular complexity index is 434. The molecule has 19 heavy (non-hydrogen) atoms. The second-order valence-corrected chi connectivity index (χ2v) is 5.35. The maximum Gasteiger partial charge on any atom is 0.269 e. The van der Waals surface area contributed by atoms with Crippen molar-refractivity contribution < 1.29 is 9.72 Å². The fraction of sp³-hybridized carbons (Fsp3) is 0.462. The first-order valence-electron chi connectivity index (χ1n) is 6.19. The van der Waals surface area contributed by atoms with Gasteiger partial charge in [0.15, 0.2) is 0 Å². The van der Waals surface area contributed by atoms with Gasteiger partial charge in [0.25, 0.3) is 5.69 Å². The maximum absolute atomic E-state index is 11.6. The predicted molar refractivity (Wildman–Crippen MR) is 76.3 cm³/mol. The number of carbonyl (C=O) groups excluding carboxylic acids is 1. The van der Waals surface area contributed by atoms with E-state index in [-0.39, 0.29) is 17.6 Å². The molecule has 1 N–H and O–H groups in total. The van der Waals surface area contributed by atoms with Crippen LogP contribution in [0.2, 0.25) is 0 Å². The van der Waals surface area contributed by atoms with Crippen molar-refractivity contribution in [3.8, 4) is 0 Å². The number of hydrogen-bond donors (Lipinski definition) is 1. The standard InChI is InChI=1S/C13H18N2O3S/c1-3-4-10(2)14-13(16)9-19-12-7-5-11(6-8-12)15(17)18/h5-8,10H,3-4,9H2,1-2H3,(H,14,16). The first kappa shape index (κ1) is 15.5. The van der Waals surface area contributed by atoms with Crippen LogP contribution in [0.4, 0.5) is 5.69 Å². The lowest BCUT2D eigenvalue weighted by molar-refractivity contribution is -0.384.